The largest absolute Gasteiger partial charge is 0.398 e. The maximum absolute atomic E-state index is 11.3. The normalized spacial score (nSPS) is 9.94. The number of carbonyl (C=O) groups is 1. The van der Waals surface area contributed by atoms with Crippen LogP contribution in [-0.4, -0.2) is 22.4 Å². The maximum atomic E-state index is 11.3. The third kappa shape index (κ3) is 3.21. The number of hydrogen-bond acceptors (Lipinski definition) is 4. The van der Waals surface area contributed by atoms with E-state index in [0.29, 0.717) is 35.6 Å². The van der Waals surface area contributed by atoms with Gasteiger partial charge in [0, 0.05) is 49.6 Å². The molecule has 0 aromatic carbocycles. The van der Waals surface area contributed by atoms with Gasteiger partial charge < -0.3 is 31.7 Å². The molecule has 1 radical (unpaired) electrons. The molecule has 0 aliphatic rings. The van der Waals surface area contributed by atoms with E-state index in [1.165, 1.54) is 6.33 Å². The van der Waals surface area contributed by atoms with Gasteiger partial charge in [-0.05, 0) is 12.4 Å². The van der Waals surface area contributed by atoms with Crippen LogP contribution in [0.15, 0.2) is 12.4 Å². The molecule has 0 saturated carbocycles. The van der Waals surface area contributed by atoms with Crippen molar-refractivity contribution in [1.29, 1.82) is 0 Å². The Morgan fingerprint density at radius 2 is 2.35 bits per heavy atom. The van der Waals surface area contributed by atoms with E-state index < -0.39 is 0 Å². The number of amides is 1. The number of fused-ring (bicyclic) bond motifs is 1. The number of anilines is 2. The third-order valence-corrected chi connectivity index (χ3v) is 2.04. The smallest absolute Gasteiger partial charge is 0.230 e. The van der Waals surface area contributed by atoms with Crippen LogP contribution in [0, 0.1) is 0 Å². The van der Waals surface area contributed by atoms with Crippen LogP contribution in [0.2, 0.25) is 0 Å². The number of aromatic nitrogens is 3. The summed E-state index contributed by atoms with van der Waals surface area (Å²) in [5.41, 5.74) is 10.8. The van der Waals surface area contributed by atoms with E-state index in [0.717, 1.165) is 0 Å². The SMILES string of the molecule is Nc1cc(NC(=O)CC[NH3+])nc2[n-]cnc12.[Y]. The average Bonchev–Trinajstić information content (AvgIpc) is 2.66. The molecule has 0 atom stereocenters. The van der Waals surface area contributed by atoms with Gasteiger partial charge in [0.05, 0.1) is 18.8 Å². The Morgan fingerprint density at radius 1 is 1.59 bits per heavy atom. The zero-order valence-corrected chi connectivity index (χ0v) is 12.0. The number of carbonyl (C=O) groups excluding carboxylic acids is 1. The van der Waals surface area contributed by atoms with Crippen LogP contribution >= 0.6 is 0 Å². The van der Waals surface area contributed by atoms with Gasteiger partial charge in [0.1, 0.15) is 0 Å². The molecule has 0 bridgehead atoms. The van der Waals surface area contributed by atoms with Crippen molar-refractivity contribution >= 4 is 28.6 Å². The zero-order chi connectivity index (χ0) is 11.5. The Hall–Kier alpha value is -1.05. The minimum absolute atomic E-state index is 0. The van der Waals surface area contributed by atoms with Gasteiger partial charge in [-0.1, -0.05) is 0 Å². The first-order chi connectivity index (χ1) is 7.70. The summed E-state index contributed by atoms with van der Waals surface area (Å²) in [6.07, 6.45) is 1.74. The molecular weight excluding hydrogens is 297 g/mol. The van der Waals surface area contributed by atoms with Crippen molar-refractivity contribution in [1.82, 2.24) is 15.0 Å². The Bertz CT molecular complexity index is 525. The van der Waals surface area contributed by atoms with Crippen molar-refractivity contribution in [2.75, 3.05) is 17.6 Å². The fraction of sp³-hybridized carbons (Fsp3) is 0.222. The molecule has 0 fully saturated rings. The van der Waals surface area contributed by atoms with Gasteiger partial charge in [-0.2, -0.15) is 0 Å². The van der Waals surface area contributed by atoms with Crippen molar-refractivity contribution in [3.63, 3.8) is 0 Å². The van der Waals surface area contributed by atoms with Gasteiger partial charge in [-0.15, -0.1) is 0 Å². The van der Waals surface area contributed by atoms with E-state index in [2.05, 4.69) is 26.0 Å². The van der Waals surface area contributed by atoms with Crippen molar-refractivity contribution in [3.05, 3.63) is 12.4 Å². The first-order valence-corrected chi connectivity index (χ1v) is 4.83. The predicted octanol–water partition coefficient (Wildman–Crippen LogP) is -1.26. The number of hydrogen-bond donors (Lipinski definition) is 3. The van der Waals surface area contributed by atoms with Crippen molar-refractivity contribution in [3.8, 4) is 0 Å². The molecular formula is C9H12N6OY. The van der Waals surface area contributed by atoms with Gasteiger partial charge >= 0.3 is 0 Å². The maximum Gasteiger partial charge on any atom is 0.230 e. The molecule has 8 heteroatoms. The van der Waals surface area contributed by atoms with Gasteiger partial charge in [0.15, 0.2) is 0 Å². The summed E-state index contributed by atoms with van der Waals surface area (Å²) >= 11 is 0. The number of imidazole rings is 1. The molecule has 0 aliphatic heterocycles. The van der Waals surface area contributed by atoms with Crippen molar-refractivity contribution in [2.45, 2.75) is 6.42 Å². The molecule has 2 rings (SSSR count). The fourth-order valence-electron chi connectivity index (χ4n) is 1.34. The summed E-state index contributed by atoms with van der Waals surface area (Å²) < 4.78 is 0. The van der Waals surface area contributed by atoms with Crippen LogP contribution in [0.1, 0.15) is 6.42 Å². The fourth-order valence-corrected chi connectivity index (χ4v) is 1.34. The number of nitrogen functional groups attached to an aromatic ring is 1. The van der Waals surface area contributed by atoms with Crippen molar-refractivity contribution in [2.24, 2.45) is 0 Å². The molecule has 2 aromatic rings. The number of nitrogens with two attached hydrogens (primary N) is 1. The Kier molecular flexibility index (Phi) is 4.98. The van der Waals surface area contributed by atoms with E-state index in [-0.39, 0.29) is 38.6 Å². The van der Waals surface area contributed by atoms with Crippen LogP contribution in [0.5, 0.6) is 0 Å². The topological polar surface area (TPSA) is 123 Å². The number of rotatable bonds is 3. The zero-order valence-electron chi connectivity index (χ0n) is 9.18. The number of pyridine rings is 1. The van der Waals surface area contributed by atoms with Gasteiger partial charge in [-0.25, -0.2) is 0 Å². The first-order valence-electron chi connectivity index (χ1n) is 4.83. The molecule has 0 spiro atoms. The Balaban J connectivity index is 0.00000144. The minimum atomic E-state index is -0.138. The molecule has 0 aliphatic carbocycles. The van der Waals surface area contributed by atoms with Crippen LogP contribution < -0.4 is 21.8 Å². The number of nitrogens with zero attached hydrogens (tertiary/aromatic N) is 3. The van der Waals surface area contributed by atoms with E-state index in [1.807, 2.05) is 0 Å². The van der Waals surface area contributed by atoms with Crippen LogP contribution in [-0.2, 0) is 37.5 Å². The molecule has 0 saturated heterocycles. The van der Waals surface area contributed by atoms with E-state index in [9.17, 15) is 4.79 Å². The van der Waals surface area contributed by atoms with E-state index >= 15 is 0 Å². The van der Waals surface area contributed by atoms with Crippen molar-refractivity contribution < 1.29 is 43.2 Å². The summed E-state index contributed by atoms with van der Waals surface area (Å²) in [5, 5.41) is 2.63. The van der Waals surface area contributed by atoms with Gasteiger partial charge in [0.2, 0.25) is 5.91 Å². The van der Waals surface area contributed by atoms with E-state index in [4.69, 9.17) is 5.73 Å². The monoisotopic (exact) mass is 309 g/mol. The molecule has 87 valence electrons. The molecule has 17 heavy (non-hydrogen) atoms. The quantitative estimate of drug-likeness (QED) is 0.653. The van der Waals surface area contributed by atoms with Gasteiger partial charge in [0.25, 0.3) is 0 Å². The standard InChI is InChI=1S/C9H12N6O.Y/c10-2-1-7(16)14-6-3-5(11)8-9(15-6)13-4-12-8;/h3-4H,1-2,10H2,(H4,11,12,13,14,15,16);. The number of quaternary nitrogens is 1. The number of nitrogens with one attached hydrogen (secondary N) is 1. The van der Waals surface area contributed by atoms with Crippen LogP contribution in [0.3, 0.4) is 0 Å². The summed E-state index contributed by atoms with van der Waals surface area (Å²) in [4.78, 5) is 23.3. The summed E-state index contributed by atoms with van der Waals surface area (Å²) in [5.74, 6) is 0.254. The summed E-state index contributed by atoms with van der Waals surface area (Å²) in [6, 6.07) is 1.57. The molecule has 1 amide bonds. The molecule has 7 nitrogen and oxygen atoms in total. The van der Waals surface area contributed by atoms with E-state index in [1.54, 1.807) is 6.07 Å². The Labute approximate surface area is 123 Å². The van der Waals surface area contributed by atoms with Crippen LogP contribution in [0.25, 0.3) is 11.2 Å². The second-order valence-corrected chi connectivity index (χ2v) is 3.29. The minimum Gasteiger partial charge on any atom is -0.398 e. The molecule has 6 N–H and O–H groups in total. The third-order valence-electron chi connectivity index (χ3n) is 2.04. The molecule has 2 aromatic heterocycles. The summed E-state index contributed by atoms with van der Waals surface area (Å²) in [6.45, 7) is 0.541. The first kappa shape index (κ1) is 14.0. The second-order valence-electron chi connectivity index (χ2n) is 3.29. The predicted molar refractivity (Wildman–Crippen MR) is 58.3 cm³/mol. The molecule has 0 unspecified atom stereocenters. The Morgan fingerprint density at radius 3 is 3.06 bits per heavy atom. The van der Waals surface area contributed by atoms with Crippen LogP contribution in [0.4, 0.5) is 11.5 Å². The second kappa shape index (κ2) is 6.04. The molecule has 2 heterocycles. The average molecular weight is 309 g/mol. The summed E-state index contributed by atoms with van der Waals surface area (Å²) in [7, 11) is 0. The van der Waals surface area contributed by atoms with Gasteiger partial charge in [-0.3, -0.25) is 4.79 Å².